The molecule has 0 aliphatic heterocycles. The molecule has 0 saturated carbocycles. The molecule has 5 heteroatoms. The Bertz CT molecular complexity index is 288. The van der Waals surface area contributed by atoms with Crippen LogP contribution in [0.15, 0.2) is 18.9 Å². The fraction of sp³-hybridized carbons (Fsp3) is 0. The Kier molecular flexibility index (Phi) is 2.31. The van der Waals surface area contributed by atoms with Crippen molar-refractivity contribution >= 4 is 11.2 Å². The number of aromatic amines is 1. The van der Waals surface area contributed by atoms with E-state index in [0.717, 1.165) is 5.52 Å². The maximum Gasteiger partial charge on any atom is 0.180 e. The Labute approximate surface area is 77.6 Å². The average molecular weight is 321 g/mol. The fourth-order valence-corrected chi connectivity index (χ4v) is 0.691. The predicted octanol–water partition coefficient (Wildman–Crippen LogP) is 0.350. The molecule has 0 spiro atoms. The summed E-state index contributed by atoms with van der Waals surface area (Å²) in [5.74, 6) is 0. The smallest absolute Gasteiger partial charge is 0.180 e. The Morgan fingerprint density at radius 3 is 3.00 bits per heavy atom. The van der Waals surface area contributed by atoms with Crippen molar-refractivity contribution in [1.29, 1.82) is 0 Å². The second-order valence-electron chi connectivity index (χ2n) is 1.66. The predicted molar refractivity (Wildman–Crippen MR) is 31.7 cm³/mol. The number of fused-ring (bicyclic) bond motifs is 1. The van der Waals surface area contributed by atoms with Gasteiger partial charge in [-0.3, -0.25) is 0 Å². The summed E-state index contributed by atoms with van der Waals surface area (Å²) in [6.07, 6.45) is 4.76. The zero-order valence-electron chi connectivity index (χ0n) is 5.28. The number of H-pyrrole nitrogens is 1. The molecule has 0 aromatic carbocycles. The third-order valence-corrected chi connectivity index (χ3v) is 1.10. The van der Waals surface area contributed by atoms with Crippen LogP contribution in [0.25, 0.3) is 11.2 Å². The van der Waals surface area contributed by atoms with Crippen molar-refractivity contribution in [3.63, 3.8) is 0 Å². The van der Waals surface area contributed by atoms with E-state index in [1.807, 2.05) is 0 Å². The van der Waals surface area contributed by atoms with Gasteiger partial charge < -0.3 is 4.98 Å². The van der Waals surface area contributed by atoms with Crippen LogP contribution in [0, 0.1) is 0 Å². The second-order valence-corrected chi connectivity index (χ2v) is 1.66. The minimum absolute atomic E-state index is 0. The maximum atomic E-state index is 3.91. The molecule has 10 heavy (non-hydrogen) atoms. The third kappa shape index (κ3) is 1.16. The zero-order valence-corrected chi connectivity index (χ0v) is 10.8. The van der Waals surface area contributed by atoms with Crippen LogP contribution in [-0.2, 0) is 27.7 Å². The Morgan fingerprint density at radius 2 is 2.20 bits per heavy atom. The molecular formula is C5H4HgN4. The molecule has 0 fully saturated rings. The van der Waals surface area contributed by atoms with E-state index in [2.05, 4.69) is 19.9 Å². The summed E-state index contributed by atoms with van der Waals surface area (Å²) in [6.45, 7) is 0. The molecule has 4 nitrogen and oxygen atoms in total. The Balaban J connectivity index is 0.000000500. The summed E-state index contributed by atoms with van der Waals surface area (Å²) in [6, 6.07) is 0. The van der Waals surface area contributed by atoms with Crippen LogP contribution in [-0.4, -0.2) is 19.9 Å². The third-order valence-electron chi connectivity index (χ3n) is 1.10. The first-order valence-electron chi connectivity index (χ1n) is 2.56. The molecule has 0 bridgehead atoms. The number of imidazole rings is 1. The molecule has 0 aliphatic rings. The van der Waals surface area contributed by atoms with Gasteiger partial charge in [0.2, 0.25) is 0 Å². The molecule has 0 atom stereocenters. The van der Waals surface area contributed by atoms with Crippen LogP contribution in [0.2, 0.25) is 0 Å². The van der Waals surface area contributed by atoms with Gasteiger partial charge >= 0.3 is 0 Å². The minimum atomic E-state index is 0. The summed E-state index contributed by atoms with van der Waals surface area (Å²) < 4.78 is 0. The van der Waals surface area contributed by atoms with E-state index in [0.29, 0.717) is 5.65 Å². The SMILES string of the molecule is [Hg].c1ncc2[nH]cnc2n1. The van der Waals surface area contributed by atoms with E-state index >= 15 is 0 Å². The Hall–Kier alpha value is -0.515. The van der Waals surface area contributed by atoms with Gasteiger partial charge in [0.25, 0.3) is 0 Å². The first kappa shape index (κ1) is 7.59. The van der Waals surface area contributed by atoms with Crippen LogP contribution in [0.5, 0.6) is 0 Å². The molecule has 2 aromatic rings. The van der Waals surface area contributed by atoms with Crippen molar-refractivity contribution in [2.75, 3.05) is 0 Å². The summed E-state index contributed by atoms with van der Waals surface area (Å²) >= 11 is 0. The summed E-state index contributed by atoms with van der Waals surface area (Å²) in [7, 11) is 0. The average Bonchev–Trinajstić information content (AvgIpc) is 2.33. The van der Waals surface area contributed by atoms with Gasteiger partial charge in [0.15, 0.2) is 5.65 Å². The van der Waals surface area contributed by atoms with Gasteiger partial charge in [-0.1, -0.05) is 0 Å². The first-order chi connectivity index (χ1) is 4.47. The zero-order chi connectivity index (χ0) is 6.10. The Morgan fingerprint density at radius 1 is 1.30 bits per heavy atom. The second kappa shape index (κ2) is 3.05. The van der Waals surface area contributed by atoms with Crippen LogP contribution in [0.4, 0.5) is 0 Å². The molecule has 2 aromatic heterocycles. The largest absolute Gasteiger partial charge is 0.342 e. The van der Waals surface area contributed by atoms with Gasteiger partial charge in [0.1, 0.15) is 11.8 Å². The molecule has 2 rings (SSSR count). The van der Waals surface area contributed by atoms with Gasteiger partial charge in [0.05, 0.1) is 12.5 Å². The van der Waals surface area contributed by atoms with Crippen LogP contribution >= 0.6 is 0 Å². The molecule has 2 heterocycles. The van der Waals surface area contributed by atoms with E-state index in [-0.39, 0.29) is 27.7 Å². The van der Waals surface area contributed by atoms with Crippen molar-refractivity contribution in [3.05, 3.63) is 18.9 Å². The topological polar surface area (TPSA) is 54.5 Å². The molecule has 0 unspecified atom stereocenters. The molecule has 0 amide bonds. The van der Waals surface area contributed by atoms with Crippen LogP contribution in [0.1, 0.15) is 0 Å². The van der Waals surface area contributed by atoms with Crippen LogP contribution in [0.3, 0.4) is 0 Å². The number of hydrogen-bond donors (Lipinski definition) is 1. The van der Waals surface area contributed by atoms with Crippen molar-refractivity contribution in [2.24, 2.45) is 0 Å². The van der Waals surface area contributed by atoms with Crippen molar-refractivity contribution in [3.8, 4) is 0 Å². The normalized spacial score (nSPS) is 9.20. The number of nitrogens with zero attached hydrogens (tertiary/aromatic N) is 3. The number of hydrogen-bond acceptors (Lipinski definition) is 3. The van der Waals surface area contributed by atoms with Gasteiger partial charge in [-0.15, -0.1) is 0 Å². The molecule has 0 radical (unpaired) electrons. The van der Waals surface area contributed by atoms with Crippen LogP contribution < -0.4 is 0 Å². The van der Waals surface area contributed by atoms with Crippen molar-refractivity contribution in [1.82, 2.24) is 19.9 Å². The first-order valence-corrected chi connectivity index (χ1v) is 2.56. The fourth-order valence-electron chi connectivity index (χ4n) is 0.691. The number of aromatic nitrogens is 4. The van der Waals surface area contributed by atoms with Crippen molar-refractivity contribution < 1.29 is 27.7 Å². The number of rotatable bonds is 0. The minimum Gasteiger partial charge on any atom is -0.342 e. The molecule has 0 saturated heterocycles. The standard InChI is InChI=1S/C5H4N4.Hg/c1-4-5(8-2-6-1)9-3-7-4;/h1-3H,(H,6,7,8,9);. The van der Waals surface area contributed by atoms with Gasteiger partial charge in [-0.05, 0) is 0 Å². The quantitative estimate of drug-likeness (QED) is 0.713. The van der Waals surface area contributed by atoms with Crippen molar-refractivity contribution in [2.45, 2.75) is 0 Å². The van der Waals surface area contributed by atoms with Gasteiger partial charge in [-0.25, -0.2) is 15.0 Å². The van der Waals surface area contributed by atoms with E-state index < -0.39 is 0 Å². The van der Waals surface area contributed by atoms with E-state index in [1.165, 1.54) is 6.33 Å². The van der Waals surface area contributed by atoms with E-state index in [1.54, 1.807) is 12.5 Å². The molecule has 1 N–H and O–H groups in total. The summed E-state index contributed by atoms with van der Waals surface area (Å²) in [5.41, 5.74) is 1.59. The molecule has 0 aliphatic carbocycles. The van der Waals surface area contributed by atoms with E-state index in [4.69, 9.17) is 0 Å². The van der Waals surface area contributed by atoms with Gasteiger partial charge in [0, 0.05) is 27.7 Å². The number of nitrogens with one attached hydrogen (secondary N) is 1. The monoisotopic (exact) mass is 322 g/mol. The van der Waals surface area contributed by atoms with E-state index in [9.17, 15) is 0 Å². The van der Waals surface area contributed by atoms with Gasteiger partial charge in [-0.2, -0.15) is 0 Å². The molecule has 46 valence electrons. The maximum absolute atomic E-state index is 3.91. The summed E-state index contributed by atoms with van der Waals surface area (Å²) in [5, 5.41) is 0. The molecular weight excluding hydrogens is 317 g/mol. The summed E-state index contributed by atoms with van der Waals surface area (Å²) in [4.78, 5) is 14.5.